The van der Waals surface area contributed by atoms with Crippen LogP contribution in [0.1, 0.15) is 5.56 Å². The van der Waals surface area contributed by atoms with Crippen molar-refractivity contribution in [2.24, 2.45) is 0 Å². The van der Waals surface area contributed by atoms with E-state index in [9.17, 15) is 0 Å². The Hall–Kier alpha value is -2.08. The number of benzene rings is 1. The van der Waals surface area contributed by atoms with Crippen LogP contribution in [0.4, 0.5) is 17.6 Å². The minimum absolute atomic E-state index is 0.228. The number of anilines is 3. The Kier molecular flexibility index (Phi) is 4.01. The highest BCUT2D eigenvalue weighted by Crippen LogP contribution is 2.28. The van der Waals surface area contributed by atoms with Gasteiger partial charge in [0.2, 0.25) is 11.9 Å². The van der Waals surface area contributed by atoms with Crippen LogP contribution in [0.3, 0.4) is 0 Å². The Bertz CT molecular complexity index is 548. The van der Waals surface area contributed by atoms with E-state index in [1.165, 1.54) is 7.11 Å². The fraction of sp³-hybridized carbons (Fsp3) is 0.250. The average Bonchev–Trinajstić information content (AvgIpc) is 2.42. The molecule has 6 nitrogen and oxygen atoms in total. The topological polar surface area (TPSA) is 72.0 Å². The van der Waals surface area contributed by atoms with Crippen LogP contribution in [0.2, 0.25) is 5.02 Å². The van der Waals surface area contributed by atoms with Gasteiger partial charge in [0.25, 0.3) is 0 Å². The molecule has 0 aliphatic carbocycles. The van der Waals surface area contributed by atoms with Crippen LogP contribution in [0, 0.1) is 6.92 Å². The SMILES string of the molecule is CNc1nc(Nc2c(C)cccc2Cl)nc(OC)n1. The number of hydrogen-bond donors (Lipinski definition) is 2. The minimum atomic E-state index is 0.228. The molecule has 2 N–H and O–H groups in total. The zero-order valence-corrected chi connectivity index (χ0v) is 11.6. The molecular formula is C12H14ClN5O. The molecule has 19 heavy (non-hydrogen) atoms. The van der Waals surface area contributed by atoms with E-state index in [1.807, 2.05) is 19.1 Å². The molecule has 0 bridgehead atoms. The number of nitrogens with one attached hydrogen (secondary N) is 2. The van der Waals surface area contributed by atoms with Gasteiger partial charge in [0.15, 0.2) is 0 Å². The van der Waals surface area contributed by atoms with Gasteiger partial charge >= 0.3 is 6.01 Å². The highest BCUT2D eigenvalue weighted by Gasteiger charge is 2.09. The summed E-state index contributed by atoms with van der Waals surface area (Å²) < 4.78 is 5.02. The average molecular weight is 280 g/mol. The van der Waals surface area contributed by atoms with E-state index < -0.39 is 0 Å². The molecule has 0 aliphatic heterocycles. The second-order valence-corrected chi connectivity index (χ2v) is 4.18. The second-order valence-electron chi connectivity index (χ2n) is 3.78. The Balaban J connectivity index is 2.37. The summed E-state index contributed by atoms with van der Waals surface area (Å²) >= 11 is 6.15. The third kappa shape index (κ3) is 3.03. The van der Waals surface area contributed by atoms with Crippen molar-refractivity contribution in [1.82, 2.24) is 15.0 Å². The minimum Gasteiger partial charge on any atom is -0.467 e. The van der Waals surface area contributed by atoms with Crippen LogP contribution in [0.15, 0.2) is 18.2 Å². The maximum absolute atomic E-state index is 6.15. The summed E-state index contributed by atoms with van der Waals surface area (Å²) in [4.78, 5) is 12.3. The van der Waals surface area contributed by atoms with Crippen LogP contribution < -0.4 is 15.4 Å². The fourth-order valence-electron chi connectivity index (χ4n) is 1.52. The van der Waals surface area contributed by atoms with Crippen molar-refractivity contribution >= 4 is 29.2 Å². The van der Waals surface area contributed by atoms with Gasteiger partial charge in [0.1, 0.15) is 0 Å². The van der Waals surface area contributed by atoms with Gasteiger partial charge in [-0.15, -0.1) is 0 Å². The van der Waals surface area contributed by atoms with Crippen molar-refractivity contribution in [3.05, 3.63) is 28.8 Å². The lowest BCUT2D eigenvalue weighted by molar-refractivity contribution is 0.379. The largest absolute Gasteiger partial charge is 0.467 e. The van der Waals surface area contributed by atoms with Gasteiger partial charge in [-0.2, -0.15) is 15.0 Å². The predicted octanol–water partition coefficient (Wildman–Crippen LogP) is 2.63. The summed E-state index contributed by atoms with van der Waals surface area (Å²) in [5.74, 6) is 0.784. The third-order valence-electron chi connectivity index (χ3n) is 2.48. The zero-order chi connectivity index (χ0) is 13.8. The van der Waals surface area contributed by atoms with E-state index in [4.69, 9.17) is 16.3 Å². The van der Waals surface area contributed by atoms with E-state index in [0.29, 0.717) is 16.9 Å². The quantitative estimate of drug-likeness (QED) is 0.896. The first-order valence-corrected chi connectivity index (χ1v) is 6.01. The maximum Gasteiger partial charge on any atom is 0.322 e. The molecule has 0 unspecified atom stereocenters. The zero-order valence-electron chi connectivity index (χ0n) is 10.9. The summed E-state index contributed by atoms with van der Waals surface area (Å²) in [6, 6.07) is 5.86. The summed E-state index contributed by atoms with van der Waals surface area (Å²) in [5, 5.41) is 6.52. The van der Waals surface area contributed by atoms with Gasteiger partial charge in [-0.3, -0.25) is 0 Å². The van der Waals surface area contributed by atoms with Gasteiger partial charge in [0.05, 0.1) is 17.8 Å². The first kappa shape index (κ1) is 13.4. The van der Waals surface area contributed by atoms with Crippen molar-refractivity contribution in [3.8, 4) is 6.01 Å². The van der Waals surface area contributed by atoms with E-state index in [2.05, 4.69) is 25.6 Å². The normalized spacial score (nSPS) is 10.1. The molecule has 1 aromatic heterocycles. The maximum atomic E-state index is 6.15. The van der Waals surface area contributed by atoms with Crippen molar-refractivity contribution in [2.45, 2.75) is 6.92 Å². The number of hydrogen-bond acceptors (Lipinski definition) is 6. The summed E-state index contributed by atoms with van der Waals surface area (Å²) in [5.41, 5.74) is 1.76. The molecule has 0 amide bonds. The fourth-order valence-corrected chi connectivity index (χ4v) is 1.79. The van der Waals surface area contributed by atoms with Crippen molar-refractivity contribution in [2.75, 3.05) is 24.8 Å². The Labute approximate surface area is 116 Å². The summed E-state index contributed by atoms with van der Waals surface area (Å²) in [6.07, 6.45) is 0. The first-order valence-electron chi connectivity index (χ1n) is 5.64. The molecule has 0 saturated carbocycles. The highest BCUT2D eigenvalue weighted by molar-refractivity contribution is 6.33. The van der Waals surface area contributed by atoms with Crippen LogP contribution in [-0.4, -0.2) is 29.1 Å². The van der Waals surface area contributed by atoms with E-state index in [1.54, 1.807) is 13.1 Å². The second kappa shape index (κ2) is 5.71. The number of rotatable bonds is 4. The molecule has 2 aromatic rings. The highest BCUT2D eigenvalue weighted by atomic mass is 35.5. The molecule has 1 heterocycles. The number of nitrogens with zero attached hydrogens (tertiary/aromatic N) is 3. The number of aryl methyl sites for hydroxylation is 1. The number of para-hydroxylation sites is 1. The Morgan fingerprint density at radius 3 is 2.53 bits per heavy atom. The number of methoxy groups -OCH3 is 1. The molecule has 0 aliphatic rings. The van der Waals surface area contributed by atoms with E-state index in [0.717, 1.165) is 11.3 Å². The first-order chi connectivity index (χ1) is 9.13. The standard InChI is InChI=1S/C12H14ClN5O/c1-7-5-4-6-8(13)9(7)15-11-16-10(14-2)17-12(18-11)19-3/h4-6H,1-3H3,(H2,14,15,16,17,18). The number of aromatic nitrogens is 3. The number of ether oxygens (including phenoxy) is 1. The molecule has 0 spiro atoms. The van der Waals surface area contributed by atoms with Crippen LogP contribution in [0.25, 0.3) is 0 Å². The van der Waals surface area contributed by atoms with Crippen LogP contribution >= 0.6 is 11.6 Å². The van der Waals surface area contributed by atoms with Crippen molar-refractivity contribution in [1.29, 1.82) is 0 Å². The van der Waals surface area contributed by atoms with Gasteiger partial charge in [-0.1, -0.05) is 23.7 Å². The molecule has 100 valence electrons. The molecular weight excluding hydrogens is 266 g/mol. The Morgan fingerprint density at radius 2 is 1.89 bits per heavy atom. The molecule has 0 fully saturated rings. The lowest BCUT2D eigenvalue weighted by Gasteiger charge is -2.11. The molecule has 0 atom stereocenters. The van der Waals surface area contributed by atoms with Gasteiger partial charge in [-0.05, 0) is 18.6 Å². The van der Waals surface area contributed by atoms with E-state index in [-0.39, 0.29) is 6.01 Å². The van der Waals surface area contributed by atoms with Crippen molar-refractivity contribution in [3.63, 3.8) is 0 Å². The smallest absolute Gasteiger partial charge is 0.322 e. The molecule has 1 aromatic carbocycles. The van der Waals surface area contributed by atoms with Gasteiger partial charge < -0.3 is 15.4 Å². The molecule has 7 heteroatoms. The van der Waals surface area contributed by atoms with Crippen molar-refractivity contribution < 1.29 is 4.74 Å². The van der Waals surface area contributed by atoms with Gasteiger partial charge in [0, 0.05) is 7.05 Å². The Morgan fingerprint density at radius 1 is 1.16 bits per heavy atom. The van der Waals surface area contributed by atoms with E-state index >= 15 is 0 Å². The van der Waals surface area contributed by atoms with Crippen LogP contribution in [0.5, 0.6) is 6.01 Å². The lowest BCUT2D eigenvalue weighted by Crippen LogP contribution is -2.06. The number of halogens is 1. The third-order valence-corrected chi connectivity index (χ3v) is 2.79. The van der Waals surface area contributed by atoms with Gasteiger partial charge in [-0.25, -0.2) is 0 Å². The molecule has 2 rings (SSSR count). The predicted molar refractivity (Wildman–Crippen MR) is 75.4 cm³/mol. The van der Waals surface area contributed by atoms with Crippen LogP contribution in [-0.2, 0) is 0 Å². The monoisotopic (exact) mass is 279 g/mol. The summed E-state index contributed by atoms with van der Waals surface area (Å²) in [6.45, 7) is 1.95. The molecule has 0 saturated heterocycles. The lowest BCUT2D eigenvalue weighted by atomic mass is 10.2. The molecule has 0 radical (unpaired) electrons. The summed E-state index contributed by atoms with van der Waals surface area (Å²) in [7, 11) is 3.22.